The lowest BCUT2D eigenvalue weighted by atomic mass is 9.84. The van der Waals surface area contributed by atoms with Crippen LogP contribution in [0.25, 0.3) is 0 Å². The number of hydrogen-bond donors (Lipinski definition) is 0. The highest BCUT2D eigenvalue weighted by molar-refractivity contribution is 14.1. The molecule has 14 heavy (non-hydrogen) atoms. The van der Waals surface area contributed by atoms with Crippen molar-refractivity contribution in [1.82, 2.24) is 0 Å². The molecule has 1 saturated heterocycles. The molecule has 1 fully saturated rings. The molecule has 0 amide bonds. The first-order chi connectivity index (χ1) is 6.72. The van der Waals surface area contributed by atoms with Crippen molar-refractivity contribution >= 4 is 34.8 Å². The Morgan fingerprint density at radius 2 is 2.57 bits per heavy atom. The van der Waals surface area contributed by atoms with E-state index in [0.29, 0.717) is 17.3 Å². The lowest BCUT2D eigenvalue weighted by Crippen LogP contribution is -2.39. The van der Waals surface area contributed by atoms with Crippen molar-refractivity contribution in [3.8, 4) is 0 Å². The molecule has 0 aromatic rings. The van der Waals surface area contributed by atoms with Crippen LogP contribution in [0.15, 0.2) is 12.2 Å². The fraction of sp³-hybridized carbons (Fsp3) is 0.556. The maximum atomic E-state index is 11.5. The van der Waals surface area contributed by atoms with Gasteiger partial charge in [0.25, 0.3) is 0 Å². The Hall–Kier alpha value is -0.430. The van der Waals surface area contributed by atoms with Crippen LogP contribution >= 0.6 is 22.6 Å². The minimum absolute atomic E-state index is 0.105. The number of rotatable bonds is 3. The lowest BCUT2D eigenvalue weighted by molar-refractivity contribution is -0.152. The molecule has 3 atom stereocenters. The lowest BCUT2D eigenvalue weighted by Gasteiger charge is -2.22. The van der Waals surface area contributed by atoms with Crippen LogP contribution < -0.4 is 0 Å². The molecule has 0 radical (unpaired) electrons. The van der Waals surface area contributed by atoms with Crippen molar-refractivity contribution in [1.29, 1.82) is 0 Å². The van der Waals surface area contributed by atoms with E-state index in [2.05, 4.69) is 0 Å². The van der Waals surface area contributed by atoms with E-state index < -0.39 is 11.5 Å². The third-order valence-corrected chi connectivity index (χ3v) is 2.92. The predicted octanol–water partition coefficient (Wildman–Crippen LogP) is 0.835. The molecule has 76 valence electrons. The Kier molecular flexibility index (Phi) is 2.61. The van der Waals surface area contributed by atoms with Gasteiger partial charge in [0.05, 0.1) is 12.0 Å². The van der Waals surface area contributed by atoms with Gasteiger partial charge < -0.3 is 9.47 Å². The summed E-state index contributed by atoms with van der Waals surface area (Å²) in [5.41, 5.74) is -1.05. The van der Waals surface area contributed by atoms with Gasteiger partial charge in [-0.05, 0) is 35.1 Å². The van der Waals surface area contributed by atoms with E-state index in [0.717, 1.165) is 0 Å². The van der Waals surface area contributed by atoms with Gasteiger partial charge in [0, 0.05) is 0 Å². The van der Waals surface area contributed by atoms with Crippen LogP contribution in [0.3, 0.4) is 0 Å². The fourth-order valence-corrected chi connectivity index (χ4v) is 2.23. The van der Waals surface area contributed by atoms with Crippen LogP contribution in [-0.2, 0) is 19.1 Å². The minimum atomic E-state index is -1.05. The molecule has 4 nitrogen and oxygen atoms in total. The molecule has 0 saturated carbocycles. The first-order valence-corrected chi connectivity index (χ1v) is 5.80. The summed E-state index contributed by atoms with van der Waals surface area (Å²) in [5.74, 6) is -0.817. The highest BCUT2D eigenvalue weighted by Gasteiger charge is 2.54. The maximum absolute atomic E-state index is 11.5. The summed E-state index contributed by atoms with van der Waals surface area (Å²) < 4.78 is 10.6. The summed E-state index contributed by atoms with van der Waals surface area (Å²) in [4.78, 5) is 22.4. The van der Waals surface area contributed by atoms with Crippen LogP contribution in [0.2, 0.25) is 0 Å². The summed E-state index contributed by atoms with van der Waals surface area (Å²) >= 11 is 1.95. The average Bonchev–Trinajstić information content (AvgIpc) is 2.75. The Bertz CT molecular complexity index is 301. The molecule has 0 spiro atoms. The van der Waals surface area contributed by atoms with Gasteiger partial charge >= 0.3 is 5.97 Å². The van der Waals surface area contributed by atoms with Crippen molar-refractivity contribution in [2.24, 2.45) is 5.92 Å². The molecule has 0 aromatic carbocycles. The molecule has 0 N–H and O–H groups in total. The fourth-order valence-electron chi connectivity index (χ4n) is 1.92. The van der Waals surface area contributed by atoms with Crippen LogP contribution in [0, 0.1) is 5.92 Å². The van der Waals surface area contributed by atoms with Gasteiger partial charge in [0.15, 0.2) is 11.9 Å². The van der Waals surface area contributed by atoms with E-state index in [9.17, 15) is 9.59 Å². The molecular formula is C9H9IO4. The number of carbonyl (C=O) groups excluding carboxylic acids is 2. The molecule has 2 aliphatic heterocycles. The number of ether oxygens (including phenoxy) is 2. The minimum Gasteiger partial charge on any atom is -0.455 e. The van der Waals surface area contributed by atoms with E-state index in [1.807, 2.05) is 28.7 Å². The Morgan fingerprint density at radius 3 is 3.14 bits per heavy atom. The zero-order valence-electron chi connectivity index (χ0n) is 7.31. The first kappa shape index (κ1) is 10.1. The molecular weight excluding hydrogens is 299 g/mol. The van der Waals surface area contributed by atoms with Crippen molar-refractivity contribution in [3.63, 3.8) is 0 Å². The van der Waals surface area contributed by atoms with Crippen molar-refractivity contribution in [2.75, 3.05) is 4.61 Å². The molecule has 2 heterocycles. The van der Waals surface area contributed by atoms with Gasteiger partial charge in [-0.3, -0.25) is 9.59 Å². The number of aldehydes is 1. The second kappa shape index (κ2) is 3.62. The van der Waals surface area contributed by atoms with Crippen molar-refractivity contribution in [2.45, 2.75) is 18.1 Å². The monoisotopic (exact) mass is 308 g/mol. The zero-order chi connectivity index (χ0) is 10.2. The van der Waals surface area contributed by atoms with E-state index in [4.69, 9.17) is 9.47 Å². The third-order valence-electron chi connectivity index (χ3n) is 2.61. The summed E-state index contributed by atoms with van der Waals surface area (Å²) in [6, 6.07) is 0. The van der Waals surface area contributed by atoms with Gasteiger partial charge in [0.1, 0.15) is 4.61 Å². The summed E-state index contributed by atoms with van der Waals surface area (Å²) in [6.45, 7) is 0. The standard InChI is InChI=1S/C9H9IO4/c10-5-13-8(12)7-3-6-1-2-9(7,4-11)14-6/h1-2,4,6-7H,3,5H2. The first-order valence-electron chi connectivity index (χ1n) is 4.28. The number of carbonyl (C=O) groups is 2. The second-order valence-electron chi connectivity index (χ2n) is 3.35. The Morgan fingerprint density at radius 1 is 1.79 bits per heavy atom. The van der Waals surface area contributed by atoms with Gasteiger partial charge in [-0.2, -0.15) is 0 Å². The largest absolute Gasteiger partial charge is 0.455 e. The number of alkyl halides is 1. The number of fused-ring (bicyclic) bond motifs is 2. The highest BCUT2D eigenvalue weighted by atomic mass is 127. The second-order valence-corrected chi connectivity index (χ2v) is 3.97. The molecule has 0 aliphatic carbocycles. The number of hydrogen-bond acceptors (Lipinski definition) is 4. The summed E-state index contributed by atoms with van der Waals surface area (Å²) in [6.07, 6.45) is 4.61. The van der Waals surface area contributed by atoms with Crippen LogP contribution in [0.4, 0.5) is 0 Å². The quantitative estimate of drug-likeness (QED) is 0.255. The topological polar surface area (TPSA) is 52.6 Å². The van der Waals surface area contributed by atoms with Crippen LogP contribution in [0.5, 0.6) is 0 Å². The van der Waals surface area contributed by atoms with Gasteiger partial charge in [-0.1, -0.05) is 6.08 Å². The van der Waals surface area contributed by atoms with E-state index in [1.165, 1.54) is 0 Å². The van der Waals surface area contributed by atoms with Gasteiger partial charge in [-0.25, -0.2) is 0 Å². The van der Waals surface area contributed by atoms with Crippen molar-refractivity contribution < 1.29 is 19.1 Å². The SMILES string of the molecule is O=CC12C=CC(CC1C(=O)OCI)O2. The van der Waals surface area contributed by atoms with Crippen LogP contribution in [-0.4, -0.2) is 28.6 Å². The van der Waals surface area contributed by atoms with Gasteiger partial charge in [-0.15, -0.1) is 0 Å². The van der Waals surface area contributed by atoms with E-state index >= 15 is 0 Å². The molecule has 2 aliphatic rings. The zero-order valence-corrected chi connectivity index (χ0v) is 9.47. The van der Waals surface area contributed by atoms with E-state index in [-0.39, 0.29) is 12.1 Å². The van der Waals surface area contributed by atoms with Crippen LogP contribution in [0.1, 0.15) is 6.42 Å². The molecule has 2 rings (SSSR count). The van der Waals surface area contributed by atoms with E-state index in [1.54, 1.807) is 6.08 Å². The summed E-state index contributed by atoms with van der Waals surface area (Å²) in [7, 11) is 0. The number of halogens is 1. The smallest absolute Gasteiger partial charge is 0.313 e. The third kappa shape index (κ3) is 1.38. The highest BCUT2D eigenvalue weighted by Crippen LogP contribution is 2.42. The Balaban J connectivity index is 2.18. The Labute approximate surface area is 94.8 Å². The van der Waals surface area contributed by atoms with Gasteiger partial charge in [0.2, 0.25) is 0 Å². The normalized spacial score (nSPS) is 38.6. The molecule has 0 aromatic heterocycles. The molecule has 2 bridgehead atoms. The molecule has 3 unspecified atom stereocenters. The maximum Gasteiger partial charge on any atom is 0.313 e. The summed E-state index contributed by atoms with van der Waals surface area (Å²) in [5, 5.41) is 0. The van der Waals surface area contributed by atoms with Crippen molar-refractivity contribution in [3.05, 3.63) is 12.2 Å². The molecule has 5 heteroatoms. The predicted molar refractivity (Wildman–Crippen MR) is 55.9 cm³/mol. The number of esters is 1. The average molecular weight is 308 g/mol.